The monoisotopic (exact) mass is 475 g/mol. The van der Waals surface area contributed by atoms with Gasteiger partial charge in [-0.15, -0.1) is 0 Å². The second kappa shape index (κ2) is 12.1. The van der Waals surface area contributed by atoms with E-state index in [0.29, 0.717) is 31.7 Å². The van der Waals surface area contributed by atoms with E-state index in [1.165, 1.54) is 6.42 Å². The highest BCUT2D eigenvalue weighted by molar-refractivity contribution is 5.94. The van der Waals surface area contributed by atoms with Crippen molar-refractivity contribution in [2.24, 2.45) is 0 Å². The summed E-state index contributed by atoms with van der Waals surface area (Å²) in [6, 6.07) is 9.21. The SMILES string of the molecule is CC(C)(C)OC(=O)N1CCCCC1.CC(C)(C)OC(=O)N1CCN(C(=O)c2ccccc2)CC1. The van der Waals surface area contributed by atoms with Gasteiger partial charge in [0.15, 0.2) is 0 Å². The molecule has 2 saturated heterocycles. The number of amides is 3. The third-order valence-electron chi connectivity index (χ3n) is 5.25. The molecule has 0 spiro atoms. The molecule has 2 fully saturated rings. The average Bonchev–Trinajstić information content (AvgIpc) is 2.78. The van der Waals surface area contributed by atoms with E-state index in [9.17, 15) is 14.4 Å². The Labute approximate surface area is 204 Å². The van der Waals surface area contributed by atoms with Crippen molar-refractivity contribution in [3.05, 3.63) is 35.9 Å². The Bertz CT molecular complexity index is 800. The lowest BCUT2D eigenvalue weighted by molar-refractivity contribution is 0.0140. The molecule has 0 N–H and O–H groups in total. The van der Waals surface area contributed by atoms with Crippen LogP contribution in [0.15, 0.2) is 30.3 Å². The summed E-state index contributed by atoms with van der Waals surface area (Å²) >= 11 is 0. The van der Waals surface area contributed by atoms with Crippen LogP contribution in [0, 0.1) is 0 Å². The van der Waals surface area contributed by atoms with Gasteiger partial charge in [0.25, 0.3) is 5.91 Å². The van der Waals surface area contributed by atoms with E-state index in [1.54, 1.807) is 14.7 Å². The van der Waals surface area contributed by atoms with Gasteiger partial charge >= 0.3 is 12.2 Å². The van der Waals surface area contributed by atoms with Crippen molar-refractivity contribution in [2.75, 3.05) is 39.3 Å². The van der Waals surface area contributed by atoms with Crippen LogP contribution < -0.4 is 0 Å². The molecule has 0 unspecified atom stereocenters. The standard InChI is InChI=1S/C16H22N2O3.C10H19NO2/c1-16(2,3)21-15(20)18-11-9-17(10-12-18)14(19)13-7-5-4-6-8-13;1-10(2,3)13-9(12)11-7-5-4-6-8-11/h4-8H,9-12H2,1-3H3;4-8H2,1-3H3. The van der Waals surface area contributed by atoms with Crippen molar-refractivity contribution in [2.45, 2.75) is 72.0 Å². The Hall–Kier alpha value is -2.77. The highest BCUT2D eigenvalue weighted by atomic mass is 16.6. The van der Waals surface area contributed by atoms with Crippen LogP contribution in [0.2, 0.25) is 0 Å². The Morgan fingerprint density at radius 3 is 1.47 bits per heavy atom. The summed E-state index contributed by atoms with van der Waals surface area (Å²) in [5, 5.41) is 0. The van der Waals surface area contributed by atoms with E-state index in [2.05, 4.69) is 0 Å². The lowest BCUT2D eigenvalue weighted by Gasteiger charge is -2.35. The number of carbonyl (C=O) groups is 3. The van der Waals surface area contributed by atoms with Crippen LogP contribution in [-0.2, 0) is 9.47 Å². The molecule has 2 heterocycles. The summed E-state index contributed by atoms with van der Waals surface area (Å²) in [6.07, 6.45) is 2.99. The van der Waals surface area contributed by atoms with Crippen LogP contribution in [0.4, 0.5) is 9.59 Å². The average molecular weight is 476 g/mol. The number of piperidine rings is 1. The molecule has 0 radical (unpaired) electrons. The minimum Gasteiger partial charge on any atom is -0.444 e. The molecule has 34 heavy (non-hydrogen) atoms. The van der Waals surface area contributed by atoms with Crippen LogP contribution in [0.5, 0.6) is 0 Å². The molecule has 1 aromatic rings. The molecule has 3 amide bonds. The van der Waals surface area contributed by atoms with E-state index in [-0.39, 0.29) is 23.7 Å². The maximum Gasteiger partial charge on any atom is 0.410 e. The molecule has 2 aliphatic rings. The van der Waals surface area contributed by atoms with Crippen LogP contribution in [-0.4, -0.2) is 83.3 Å². The molecule has 0 bridgehead atoms. The van der Waals surface area contributed by atoms with E-state index in [4.69, 9.17) is 9.47 Å². The zero-order valence-corrected chi connectivity index (χ0v) is 21.6. The summed E-state index contributed by atoms with van der Waals surface area (Å²) < 4.78 is 10.6. The second-order valence-electron chi connectivity index (χ2n) is 10.7. The maximum absolute atomic E-state index is 12.3. The molecule has 2 aliphatic heterocycles. The highest BCUT2D eigenvalue weighted by Gasteiger charge is 2.28. The van der Waals surface area contributed by atoms with Crippen molar-refractivity contribution in [1.29, 1.82) is 0 Å². The quantitative estimate of drug-likeness (QED) is 0.584. The van der Waals surface area contributed by atoms with Gasteiger partial charge in [-0.05, 0) is 72.9 Å². The number of likely N-dealkylation sites (tertiary alicyclic amines) is 1. The fourth-order valence-corrected chi connectivity index (χ4v) is 3.58. The maximum atomic E-state index is 12.3. The van der Waals surface area contributed by atoms with Crippen molar-refractivity contribution < 1.29 is 23.9 Å². The minimum absolute atomic E-state index is 0.0134. The second-order valence-corrected chi connectivity index (χ2v) is 10.7. The van der Waals surface area contributed by atoms with E-state index in [0.717, 1.165) is 25.9 Å². The van der Waals surface area contributed by atoms with Gasteiger partial charge in [-0.3, -0.25) is 4.79 Å². The third kappa shape index (κ3) is 9.61. The molecular formula is C26H41N3O5. The number of ether oxygens (including phenoxy) is 2. The summed E-state index contributed by atoms with van der Waals surface area (Å²) in [7, 11) is 0. The van der Waals surface area contributed by atoms with Gasteiger partial charge in [0.05, 0.1) is 0 Å². The number of rotatable bonds is 1. The third-order valence-corrected chi connectivity index (χ3v) is 5.25. The number of piperazine rings is 1. The predicted molar refractivity (Wildman–Crippen MR) is 132 cm³/mol. The fourth-order valence-electron chi connectivity index (χ4n) is 3.58. The summed E-state index contributed by atoms with van der Waals surface area (Å²) in [6.45, 7) is 15.0. The smallest absolute Gasteiger partial charge is 0.410 e. The molecule has 0 saturated carbocycles. The van der Waals surface area contributed by atoms with E-state index >= 15 is 0 Å². The van der Waals surface area contributed by atoms with Crippen molar-refractivity contribution >= 4 is 18.1 Å². The number of hydrogen-bond donors (Lipinski definition) is 0. The zero-order valence-electron chi connectivity index (χ0n) is 21.6. The lowest BCUT2D eigenvalue weighted by Crippen LogP contribution is -2.51. The zero-order chi connectivity index (χ0) is 25.4. The number of carbonyl (C=O) groups excluding carboxylic acids is 3. The molecule has 1 aromatic carbocycles. The predicted octanol–water partition coefficient (Wildman–Crippen LogP) is 4.79. The minimum atomic E-state index is -0.492. The molecule has 8 heteroatoms. The highest BCUT2D eigenvalue weighted by Crippen LogP contribution is 2.15. The normalized spacial score (nSPS) is 16.8. The van der Waals surface area contributed by atoms with Gasteiger partial charge in [0, 0.05) is 44.8 Å². The van der Waals surface area contributed by atoms with Gasteiger partial charge in [-0.25, -0.2) is 9.59 Å². The topological polar surface area (TPSA) is 79.4 Å². The van der Waals surface area contributed by atoms with Crippen LogP contribution in [0.3, 0.4) is 0 Å². The van der Waals surface area contributed by atoms with E-state index < -0.39 is 5.60 Å². The van der Waals surface area contributed by atoms with Gasteiger partial charge in [0.1, 0.15) is 11.2 Å². The van der Waals surface area contributed by atoms with Gasteiger partial charge < -0.3 is 24.2 Å². The van der Waals surface area contributed by atoms with Crippen molar-refractivity contribution in [1.82, 2.24) is 14.7 Å². The molecule has 8 nitrogen and oxygen atoms in total. The van der Waals surface area contributed by atoms with E-state index in [1.807, 2.05) is 71.9 Å². The Morgan fingerprint density at radius 1 is 0.618 bits per heavy atom. The molecular weight excluding hydrogens is 434 g/mol. The summed E-state index contributed by atoms with van der Waals surface area (Å²) in [4.78, 5) is 41.0. The lowest BCUT2D eigenvalue weighted by atomic mass is 10.1. The van der Waals surface area contributed by atoms with Gasteiger partial charge in [-0.2, -0.15) is 0 Å². The van der Waals surface area contributed by atoms with Crippen LogP contribution in [0.25, 0.3) is 0 Å². The number of hydrogen-bond acceptors (Lipinski definition) is 5. The first-order valence-corrected chi connectivity index (χ1v) is 12.2. The molecule has 190 valence electrons. The number of nitrogens with zero attached hydrogens (tertiary/aromatic N) is 3. The molecule has 0 atom stereocenters. The largest absolute Gasteiger partial charge is 0.444 e. The molecule has 0 aliphatic carbocycles. The number of benzene rings is 1. The van der Waals surface area contributed by atoms with Crippen LogP contribution in [0.1, 0.15) is 71.2 Å². The van der Waals surface area contributed by atoms with Crippen molar-refractivity contribution in [3.8, 4) is 0 Å². The van der Waals surface area contributed by atoms with Crippen molar-refractivity contribution in [3.63, 3.8) is 0 Å². The Balaban J connectivity index is 0.000000270. The van der Waals surface area contributed by atoms with Crippen LogP contribution >= 0.6 is 0 Å². The Morgan fingerprint density at radius 2 is 1.03 bits per heavy atom. The first-order chi connectivity index (χ1) is 15.9. The molecule has 3 rings (SSSR count). The molecule has 0 aromatic heterocycles. The Kier molecular flexibility index (Phi) is 9.77. The summed E-state index contributed by atoms with van der Waals surface area (Å²) in [5.41, 5.74) is -0.175. The summed E-state index contributed by atoms with van der Waals surface area (Å²) in [5.74, 6) is 0.0134. The van der Waals surface area contributed by atoms with Gasteiger partial charge in [0.2, 0.25) is 0 Å². The van der Waals surface area contributed by atoms with Gasteiger partial charge in [-0.1, -0.05) is 18.2 Å². The first kappa shape index (κ1) is 27.5. The fraction of sp³-hybridized carbons (Fsp3) is 0.654. The first-order valence-electron chi connectivity index (χ1n) is 12.2.